The SMILES string of the molecule is Br.Br.C[n+]1ccc(-c2cc[n+](CC3CCCC3)cc2)cc1.C[n+]1ccc(-c2cc[n+](CC3CCCC3)cc2)cc1.[Cl-].[Cl-].[Fe]. The van der Waals surface area contributed by atoms with Gasteiger partial charge in [-0.2, -0.15) is 0 Å². The van der Waals surface area contributed by atoms with E-state index >= 15 is 0 Å². The number of aryl methyl sites for hydroxylation is 2. The van der Waals surface area contributed by atoms with Crippen molar-refractivity contribution in [1.82, 2.24) is 0 Å². The minimum atomic E-state index is 0. The number of pyridine rings is 4. The van der Waals surface area contributed by atoms with E-state index in [9.17, 15) is 0 Å². The first-order chi connectivity index (χ1) is 18.6. The molecule has 2 fully saturated rings. The molecule has 0 amide bonds. The van der Waals surface area contributed by atoms with Crippen molar-refractivity contribution in [2.24, 2.45) is 25.9 Å². The van der Waals surface area contributed by atoms with Crippen molar-refractivity contribution in [3.63, 3.8) is 0 Å². The summed E-state index contributed by atoms with van der Waals surface area (Å²) in [7, 11) is 4.09. The van der Waals surface area contributed by atoms with Crippen molar-refractivity contribution in [2.75, 3.05) is 0 Å². The summed E-state index contributed by atoms with van der Waals surface area (Å²) in [5.74, 6) is 1.79. The molecule has 4 aromatic heterocycles. The molecule has 6 rings (SSSR count). The zero-order valence-corrected chi connectivity index (χ0v) is 31.2. The molecule has 0 N–H and O–H groups in total. The van der Waals surface area contributed by atoms with Crippen LogP contribution >= 0.6 is 34.0 Å². The van der Waals surface area contributed by atoms with Gasteiger partial charge in [-0.05, 0) is 47.9 Å². The molecular formula is C34H46Br2Cl2FeN4+2. The second-order valence-electron chi connectivity index (χ2n) is 11.4. The van der Waals surface area contributed by atoms with Crippen LogP contribution in [0.4, 0.5) is 0 Å². The van der Waals surface area contributed by atoms with Gasteiger partial charge in [-0.25, -0.2) is 18.3 Å². The first-order valence-corrected chi connectivity index (χ1v) is 14.5. The molecule has 0 atom stereocenters. The first kappa shape index (κ1) is 41.7. The molecule has 2 aliphatic carbocycles. The third kappa shape index (κ3) is 12.9. The van der Waals surface area contributed by atoms with E-state index in [0.29, 0.717) is 0 Å². The number of rotatable bonds is 6. The van der Waals surface area contributed by atoms with Crippen LogP contribution in [0.2, 0.25) is 0 Å². The van der Waals surface area contributed by atoms with Gasteiger partial charge in [-0.1, -0.05) is 25.7 Å². The van der Waals surface area contributed by atoms with E-state index in [-0.39, 0.29) is 75.8 Å². The van der Waals surface area contributed by atoms with Gasteiger partial charge >= 0.3 is 0 Å². The predicted octanol–water partition coefficient (Wildman–Crippen LogP) is 0.473. The number of halogens is 4. The Morgan fingerprint density at radius 2 is 0.698 bits per heavy atom. The molecule has 4 heterocycles. The second kappa shape index (κ2) is 21.4. The van der Waals surface area contributed by atoms with Crippen LogP contribution in [-0.4, -0.2) is 0 Å². The van der Waals surface area contributed by atoms with Crippen LogP contribution in [0.25, 0.3) is 22.3 Å². The van der Waals surface area contributed by atoms with Gasteiger partial charge in [-0.3, -0.25) is 0 Å². The van der Waals surface area contributed by atoms with Gasteiger partial charge in [0.15, 0.2) is 62.7 Å². The van der Waals surface area contributed by atoms with E-state index in [1.807, 2.05) is 14.1 Å². The van der Waals surface area contributed by atoms with E-state index in [1.165, 1.54) is 86.7 Å². The Balaban J connectivity index is 0.000000735. The molecule has 0 aromatic carbocycles. The van der Waals surface area contributed by atoms with Crippen molar-refractivity contribution in [2.45, 2.75) is 64.5 Å². The van der Waals surface area contributed by atoms with Crippen LogP contribution in [0, 0.1) is 11.8 Å². The van der Waals surface area contributed by atoms with Crippen LogP contribution in [0.15, 0.2) is 98.1 Å². The van der Waals surface area contributed by atoms with Crippen molar-refractivity contribution in [3.05, 3.63) is 98.1 Å². The molecule has 0 radical (unpaired) electrons. The fourth-order valence-electron chi connectivity index (χ4n) is 5.91. The summed E-state index contributed by atoms with van der Waals surface area (Å²) >= 11 is 0. The Morgan fingerprint density at radius 1 is 0.465 bits per heavy atom. The van der Waals surface area contributed by atoms with Crippen LogP contribution in [0.3, 0.4) is 0 Å². The van der Waals surface area contributed by atoms with Gasteiger partial charge < -0.3 is 24.8 Å². The molecule has 4 aromatic rings. The molecule has 0 saturated heterocycles. The van der Waals surface area contributed by atoms with Crippen molar-refractivity contribution >= 4 is 34.0 Å². The molecule has 0 unspecified atom stereocenters. The largest absolute Gasteiger partial charge is 1.00 e. The van der Waals surface area contributed by atoms with Gasteiger partial charge in [-0.15, -0.1) is 34.0 Å². The summed E-state index contributed by atoms with van der Waals surface area (Å²) in [6, 6.07) is 17.6. The minimum Gasteiger partial charge on any atom is -1.00 e. The average molecular weight is 797 g/mol. The van der Waals surface area contributed by atoms with Gasteiger partial charge in [0.05, 0.1) is 0 Å². The molecule has 4 nitrogen and oxygen atoms in total. The molecule has 0 bridgehead atoms. The average Bonchev–Trinajstić information content (AvgIpc) is 3.66. The first-order valence-electron chi connectivity index (χ1n) is 14.5. The normalized spacial score (nSPS) is 14.0. The summed E-state index contributed by atoms with van der Waals surface area (Å²) < 4.78 is 8.80. The summed E-state index contributed by atoms with van der Waals surface area (Å²) in [5, 5.41) is 0. The van der Waals surface area contributed by atoms with E-state index in [2.05, 4.69) is 116 Å². The van der Waals surface area contributed by atoms with E-state index in [0.717, 1.165) is 11.8 Å². The Morgan fingerprint density at radius 3 is 0.953 bits per heavy atom. The Labute approximate surface area is 302 Å². The molecule has 0 aliphatic heterocycles. The number of nitrogens with zero attached hydrogens (tertiary/aromatic N) is 4. The van der Waals surface area contributed by atoms with Crippen molar-refractivity contribution in [1.29, 1.82) is 0 Å². The van der Waals surface area contributed by atoms with Gasteiger partial charge in [0, 0.05) is 77.4 Å². The predicted molar refractivity (Wildman–Crippen MR) is 171 cm³/mol. The zero-order chi connectivity index (χ0) is 26.2. The summed E-state index contributed by atoms with van der Waals surface area (Å²) in [4.78, 5) is 0. The zero-order valence-electron chi connectivity index (χ0n) is 25.2. The smallest absolute Gasteiger partial charge is 0.169 e. The standard InChI is InChI=1S/2C17H22N2.2BrH.2ClH.Fe/c2*1-18-10-6-16(7-11-18)17-8-12-19(13-9-17)14-15-4-2-3-5-15;;;;;/h2*6-13,15H,2-5,14H2,1H3;4*1H;/q2*+2;;;;;/p-2. The molecule has 236 valence electrons. The maximum Gasteiger partial charge on any atom is 0.169 e. The summed E-state index contributed by atoms with van der Waals surface area (Å²) in [6.07, 6.45) is 28.6. The molecule has 43 heavy (non-hydrogen) atoms. The second-order valence-corrected chi connectivity index (χ2v) is 11.4. The number of hydrogen-bond acceptors (Lipinski definition) is 0. The number of hydrogen-bond donors (Lipinski definition) is 0. The molecule has 9 heteroatoms. The molecular weight excluding hydrogens is 751 g/mol. The van der Waals surface area contributed by atoms with Gasteiger partial charge in [0.2, 0.25) is 0 Å². The maximum absolute atomic E-state index is 2.34. The Kier molecular flexibility index (Phi) is 20.7. The molecule has 2 aliphatic rings. The van der Waals surface area contributed by atoms with Crippen LogP contribution in [0.5, 0.6) is 0 Å². The topological polar surface area (TPSA) is 15.5 Å². The van der Waals surface area contributed by atoms with Gasteiger partial charge in [0.1, 0.15) is 14.1 Å². The monoisotopic (exact) mass is 794 g/mol. The van der Waals surface area contributed by atoms with Crippen LogP contribution in [0.1, 0.15) is 51.4 Å². The fourth-order valence-corrected chi connectivity index (χ4v) is 5.91. The fraction of sp³-hybridized carbons (Fsp3) is 0.412. The van der Waals surface area contributed by atoms with E-state index in [4.69, 9.17) is 0 Å². The third-order valence-electron chi connectivity index (χ3n) is 8.29. The van der Waals surface area contributed by atoms with E-state index in [1.54, 1.807) is 0 Å². The van der Waals surface area contributed by atoms with Crippen molar-refractivity contribution < 1.29 is 60.2 Å². The number of aromatic nitrogens is 4. The maximum atomic E-state index is 2.34. The van der Waals surface area contributed by atoms with Crippen molar-refractivity contribution in [3.8, 4) is 22.3 Å². The Bertz CT molecular complexity index is 1180. The summed E-state index contributed by atoms with van der Waals surface area (Å²) in [6.45, 7) is 2.37. The third-order valence-corrected chi connectivity index (χ3v) is 8.29. The van der Waals surface area contributed by atoms with Gasteiger partial charge in [0.25, 0.3) is 0 Å². The summed E-state index contributed by atoms with van der Waals surface area (Å²) in [5.41, 5.74) is 5.16. The molecule has 2 saturated carbocycles. The minimum absolute atomic E-state index is 0. The molecule has 0 spiro atoms. The van der Waals surface area contributed by atoms with E-state index < -0.39 is 0 Å². The van der Waals surface area contributed by atoms with Crippen LogP contribution in [-0.2, 0) is 44.3 Å². The Hall–Kier alpha value is -1.34. The van der Waals surface area contributed by atoms with Crippen LogP contribution < -0.4 is 43.1 Å². The quantitative estimate of drug-likeness (QED) is 0.200.